The number of piperazine rings is 1. The first kappa shape index (κ1) is 24.3. The van der Waals surface area contributed by atoms with Gasteiger partial charge in [-0.15, -0.1) is 0 Å². The van der Waals surface area contributed by atoms with Crippen LogP contribution < -0.4 is 19.7 Å². The summed E-state index contributed by atoms with van der Waals surface area (Å²) in [5, 5.41) is 7.61. The van der Waals surface area contributed by atoms with Crippen molar-refractivity contribution in [3.8, 4) is 28.3 Å². The largest absolute Gasteiger partial charge is 0.493 e. The fourth-order valence-corrected chi connectivity index (χ4v) is 4.34. The van der Waals surface area contributed by atoms with E-state index in [-0.39, 0.29) is 5.91 Å². The molecule has 2 aromatic carbocycles. The van der Waals surface area contributed by atoms with Crippen molar-refractivity contribution in [3.63, 3.8) is 0 Å². The standard InChI is InChI=1S/C28H30N6O3/c1-32-13-15-33(16-14-32)26-12-10-21(18-29-26)30-28(35)27-23(19-34(31-27)22-7-5-4-6-8-22)20-9-11-24(36-2)25(17-20)37-3/h4-12,17-19H,13-16H2,1-3H3,(H,30,35). The van der Waals surface area contributed by atoms with Gasteiger partial charge in [-0.1, -0.05) is 24.3 Å². The molecule has 1 aliphatic rings. The van der Waals surface area contributed by atoms with Gasteiger partial charge in [-0.25, -0.2) is 9.67 Å². The van der Waals surface area contributed by atoms with Crippen LogP contribution in [-0.2, 0) is 0 Å². The Morgan fingerprint density at radius 1 is 0.919 bits per heavy atom. The average molecular weight is 499 g/mol. The first-order valence-electron chi connectivity index (χ1n) is 12.1. The Balaban J connectivity index is 1.44. The van der Waals surface area contributed by atoms with Crippen molar-refractivity contribution in [3.05, 3.63) is 78.8 Å². The topological polar surface area (TPSA) is 84.8 Å². The van der Waals surface area contributed by atoms with Gasteiger partial charge in [0.05, 0.1) is 31.8 Å². The second-order valence-corrected chi connectivity index (χ2v) is 8.89. The van der Waals surface area contributed by atoms with E-state index in [9.17, 15) is 4.79 Å². The molecule has 37 heavy (non-hydrogen) atoms. The van der Waals surface area contributed by atoms with Gasteiger partial charge in [0.2, 0.25) is 0 Å². The van der Waals surface area contributed by atoms with Crippen LogP contribution in [0.1, 0.15) is 10.5 Å². The summed E-state index contributed by atoms with van der Waals surface area (Å²) in [5.74, 6) is 1.76. The maximum atomic E-state index is 13.5. The highest BCUT2D eigenvalue weighted by Gasteiger charge is 2.21. The molecule has 190 valence electrons. The molecule has 1 amide bonds. The molecule has 0 atom stereocenters. The van der Waals surface area contributed by atoms with Crippen LogP contribution in [0.2, 0.25) is 0 Å². The van der Waals surface area contributed by atoms with E-state index in [0.29, 0.717) is 28.4 Å². The minimum absolute atomic E-state index is 0.291. The highest BCUT2D eigenvalue weighted by molar-refractivity contribution is 6.07. The van der Waals surface area contributed by atoms with Crippen molar-refractivity contribution in [2.45, 2.75) is 0 Å². The van der Waals surface area contributed by atoms with E-state index in [2.05, 4.69) is 32.2 Å². The zero-order valence-electron chi connectivity index (χ0n) is 21.2. The normalized spacial score (nSPS) is 13.9. The van der Waals surface area contributed by atoms with Gasteiger partial charge < -0.3 is 24.6 Å². The number of amides is 1. The highest BCUT2D eigenvalue weighted by atomic mass is 16.5. The van der Waals surface area contributed by atoms with E-state index in [1.165, 1.54) is 0 Å². The molecule has 0 spiro atoms. The molecule has 9 nitrogen and oxygen atoms in total. The number of aromatic nitrogens is 3. The molecule has 2 aromatic heterocycles. The highest BCUT2D eigenvalue weighted by Crippen LogP contribution is 2.34. The number of nitrogens with one attached hydrogen (secondary N) is 1. The van der Waals surface area contributed by atoms with Crippen LogP contribution in [0.5, 0.6) is 11.5 Å². The number of hydrogen-bond donors (Lipinski definition) is 1. The van der Waals surface area contributed by atoms with Crippen LogP contribution in [0.25, 0.3) is 16.8 Å². The Kier molecular flexibility index (Phi) is 7.04. The molecule has 1 saturated heterocycles. The monoisotopic (exact) mass is 498 g/mol. The SMILES string of the molecule is COc1ccc(-c2cn(-c3ccccc3)nc2C(=O)Nc2ccc(N3CCN(C)CC3)nc2)cc1OC. The third-order valence-corrected chi connectivity index (χ3v) is 6.48. The molecule has 0 radical (unpaired) electrons. The summed E-state index contributed by atoms with van der Waals surface area (Å²) in [6.45, 7) is 3.87. The Morgan fingerprint density at radius 2 is 1.68 bits per heavy atom. The summed E-state index contributed by atoms with van der Waals surface area (Å²) in [6.07, 6.45) is 3.54. The number of ether oxygens (including phenoxy) is 2. The first-order chi connectivity index (χ1) is 18.1. The van der Waals surface area contributed by atoms with Crippen LogP contribution in [-0.4, -0.2) is 73.0 Å². The zero-order valence-corrected chi connectivity index (χ0v) is 21.2. The maximum absolute atomic E-state index is 13.5. The van der Waals surface area contributed by atoms with Gasteiger partial charge in [0, 0.05) is 37.9 Å². The molecule has 4 aromatic rings. The van der Waals surface area contributed by atoms with Crippen LogP contribution in [0.15, 0.2) is 73.1 Å². The van der Waals surface area contributed by atoms with E-state index in [1.807, 2.05) is 66.9 Å². The molecule has 0 aliphatic carbocycles. The van der Waals surface area contributed by atoms with Gasteiger partial charge in [0.1, 0.15) is 5.82 Å². The fraction of sp³-hybridized carbons (Fsp3) is 0.250. The molecule has 0 unspecified atom stereocenters. The predicted molar refractivity (Wildman–Crippen MR) is 144 cm³/mol. The second kappa shape index (κ2) is 10.7. The van der Waals surface area contributed by atoms with Crippen molar-refractivity contribution in [2.75, 3.05) is 57.7 Å². The minimum Gasteiger partial charge on any atom is -0.493 e. The number of pyridine rings is 1. The Morgan fingerprint density at radius 3 is 2.35 bits per heavy atom. The summed E-state index contributed by atoms with van der Waals surface area (Å²) >= 11 is 0. The fourth-order valence-electron chi connectivity index (χ4n) is 4.34. The summed E-state index contributed by atoms with van der Waals surface area (Å²) in [4.78, 5) is 22.6. The molecular formula is C28H30N6O3. The van der Waals surface area contributed by atoms with Crippen molar-refractivity contribution in [1.82, 2.24) is 19.7 Å². The molecule has 0 bridgehead atoms. The Labute approximate surface area is 216 Å². The summed E-state index contributed by atoms with van der Waals surface area (Å²) in [5.41, 5.74) is 3.20. The van der Waals surface area contributed by atoms with Gasteiger partial charge in [-0.05, 0) is 49.0 Å². The summed E-state index contributed by atoms with van der Waals surface area (Å²) in [7, 11) is 5.30. The predicted octanol–water partition coefficient (Wildman–Crippen LogP) is 3.96. The summed E-state index contributed by atoms with van der Waals surface area (Å²) < 4.78 is 12.6. The van der Waals surface area contributed by atoms with Crippen LogP contribution in [0.3, 0.4) is 0 Å². The number of para-hydroxylation sites is 1. The quantitative estimate of drug-likeness (QED) is 0.413. The van der Waals surface area contributed by atoms with Crippen molar-refractivity contribution in [1.29, 1.82) is 0 Å². The lowest BCUT2D eigenvalue weighted by atomic mass is 10.1. The number of benzene rings is 2. The third-order valence-electron chi connectivity index (χ3n) is 6.48. The molecule has 1 aliphatic heterocycles. The number of rotatable bonds is 7. The van der Waals surface area contributed by atoms with Gasteiger partial charge in [0.15, 0.2) is 17.2 Å². The van der Waals surface area contributed by atoms with Crippen molar-refractivity contribution >= 4 is 17.4 Å². The number of methoxy groups -OCH3 is 2. The molecule has 1 fully saturated rings. The third kappa shape index (κ3) is 5.26. The minimum atomic E-state index is -0.325. The smallest absolute Gasteiger partial charge is 0.276 e. The molecule has 0 saturated carbocycles. The van der Waals surface area contributed by atoms with Crippen molar-refractivity contribution in [2.24, 2.45) is 0 Å². The van der Waals surface area contributed by atoms with E-state index < -0.39 is 0 Å². The summed E-state index contributed by atoms with van der Waals surface area (Å²) in [6, 6.07) is 19.0. The number of carbonyl (C=O) groups is 1. The van der Waals surface area contributed by atoms with Crippen molar-refractivity contribution < 1.29 is 14.3 Å². The van der Waals surface area contributed by atoms with Crippen LogP contribution in [0, 0.1) is 0 Å². The molecule has 3 heterocycles. The Bertz CT molecular complexity index is 1360. The van der Waals surface area contributed by atoms with Crippen LogP contribution >= 0.6 is 0 Å². The lowest BCUT2D eigenvalue weighted by Gasteiger charge is -2.33. The van der Waals surface area contributed by atoms with E-state index in [4.69, 9.17) is 9.47 Å². The lowest BCUT2D eigenvalue weighted by molar-refractivity contribution is 0.102. The van der Waals surface area contributed by atoms with Gasteiger partial charge in [0.25, 0.3) is 5.91 Å². The maximum Gasteiger partial charge on any atom is 0.276 e. The second-order valence-electron chi connectivity index (χ2n) is 8.89. The number of hydrogen-bond acceptors (Lipinski definition) is 7. The number of carbonyl (C=O) groups excluding carboxylic acids is 1. The van der Waals surface area contributed by atoms with Gasteiger partial charge in [-0.3, -0.25) is 4.79 Å². The number of likely N-dealkylation sites (N-methyl/N-ethyl adjacent to an activating group) is 1. The zero-order chi connectivity index (χ0) is 25.8. The van der Waals surface area contributed by atoms with Crippen LogP contribution in [0.4, 0.5) is 11.5 Å². The molecular weight excluding hydrogens is 468 g/mol. The first-order valence-corrected chi connectivity index (χ1v) is 12.1. The van der Waals surface area contributed by atoms with E-state index >= 15 is 0 Å². The molecule has 5 rings (SSSR count). The molecule has 1 N–H and O–H groups in total. The Hall–Kier alpha value is -4.37. The molecule has 9 heteroatoms. The van der Waals surface area contributed by atoms with Gasteiger partial charge in [-0.2, -0.15) is 5.10 Å². The van der Waals surface area contributed by atoms with E-state index in [1.54, 1.807) is 25.1 Å². The van der Waals surface area contributed by atoms with Gasteiger partial charge >= 0.3 is 0 Å². The number of nitrogens with zero attached hydrogens (tertiary/aromatic N) is 5. The lowest BCUT2D eigenvalue weighted by Crippen LogP contribution is -2.44. The average Bonchev–Trinajstić information content (AvgIpc) is 3.40. The number of anilines is 2. The van der Waals surface area contributed by atoms with E-state index in [0.717, 1.165) is 43.2 Å².